The number of rotatable bonds is 3. The fourth-order valence-electron chi connectivity index (χ4n) is 1.25. The molecule has 0 N–H and O–H groups in total. The molecule has 0 saturated heterocycles. The predicted molar refractivity (Wildman–Crippen MR) is 61.2 cm³/mol. The van der Waals surface area contributed by atoms with Gasteiger partial charge in [-0.15, -0.1) is 0 Å². The first kappa shape index (κ1) is 12.6. The molecule has 15 heavy (non-hydrogen) atoms. The topological polar surface area (TPSA) is 43.4 Å². The lowest BCUT2D eigenvalue weighted by Crippen LogP contribution is -1.98. The molecule has 6 heteroatoms. The molecule has 0 aliphatic heterocycles. The highest BCUT2D eigenvalue weighted by Gasteiger charge is 2.14. The Hall–Kier alpha value is -0.450. The highest BCUT2D eigenvalue weighted by atomic mass is 35.7. The van der Waals surface area contributed by atoms with Gasteiger partial charge in [-0.1, -0.05) is 17.7 Å². The van der Waals surface area contributed by atoms with Gasteiger partial charge in [-0.05, 0) is 24.1 Å². The van der Waals surface area contributed by atoms with Crippen molar-refractivity contribution in [2.45, 2.75) is 12.7 Å². The van der Waals surface area contributed by atoms with Crippen LogP contribution in [0.3, 0.4) is 0 Å². The van der Waals surface area contributed by atoms with Gasteiger partial charge in [0, 0.05) is 10.7 Å². The van der Waals surface area contributed by atoms with E-state index >= 15 is 0 Å². The Morgan fingerprint density at radius 1 is 1.40 bits per heavy atom. The van der Waals surface area contributed by atoms with E-state index in [-0.39, 0.29) is 10.8 Å². The van der Waals surface area contributed by atoms with Gasteiger partial charge in [0.2, 0.25) is 9.05 Å². The van der Waals surface area contributed by atoms with Crippen molar-refractivity contribution in [2.75, 3.05) is 7.11 Å². The molecular formula is C9H10Cl2O3S. The van der Waals surface area contributed by atoms with Gasteiger partial charge in [0.15, 0.2) is 0 Å². The maximum absolute atomic E-state index is 10.9. The van der Waals surface area contributed by atoms with Crippen LogP contribution < -0.4 is 4.74 Å². The average molecular weight is 269 g/mol. The quantitative estimate of drug-likeness (QED) is 0.792. The number of hydrogen-bond acceptors (Lipinski definition) is 3. The van der Waals surface area contributed by atoms with Gasteiger partial charge in [-0.25, -0.2) is 8.42 Å². The zero-order chi connectivity index (χ0) is 11.6. The van der Waals surface area contributed by atoms with Crippen LogP contribution in [0.2, 0.25) is 5.02 Å². The molecule has 3 nitrogen and oxygen atoms in total. The maximum atomic E-state index is 10.9. The SMILES string of the molecule is COc1cc(C)cc(CS(=O)(=O)Cl)c1Cl. The van der Waals surface area contributed by atoms with Gasteiger partial charge < -0.3 is 4.74 Å². The smallest absolute Gasteiger partial charge is 0.236 e. The first-order valence-corrected chi connectivity index (χ1v) is 6.94. The molecule has 0 amide bonds. The standard InChI is InChI=1S/C9H10Cl2O3S/c1-6-3-7(5-15(11,12)13)9(10)8(4-6)14-2/h3-4H,5H2,1-2H3. The molecule has 0 spiro atoms. The second-order valence-electron chi connectivity index (χ2n) is 3.12. The summed E-state index contributed by atoms with van der Waals surface area (Å²) in [6.07, 6.45) is 0. The van der Waals surface area contributed by atoms with Gasteiger partial charge in [0.25, 0.3) is 0 Å². The lowest BCUT2D eigenvalue weighted by atomic mass is 10.1. The second-order valence-corrected chi connectivity index (χ2v) is 6.28. The highest BCUT2D eigenvalue weighted by molar-refractivity contribution is 8.13. The van der Waals surface area contributed by atoms with Gasteiger partial charge in [0.05, 0.1) is 17.9 Å². The summed E-state index contributed by atoms with van der Waals surface area (Å²) in [5.41, 5.74) is 1.31. The van der Waals surface area contributed by atoms with Crippen LogP contribution >= 0.6 is 22.3 Å². The van der Waals surface area contributed by atoms with Crippen molar-refractivity contribution in [2.24, 2.45) is 0 Å². The van der Waals surface area contributed by atoms with Crippen molar-refractivity contribution < 1.29 is 13.2 Å². The Morgan fingerprint density at radius 3 is 2.47 bits per heavy atom. The van der Waals surface area contributed by atoms with Gasteiger partial charge in [-0.2, -0.15) is 0 Å². The predicted octanol–water partition coefficient (Wildman–Crippen LogP) is 2.73. The van der Waals surface area contributed by atoms with E-state index < -0.39 is 9.05 Å². The summed E-state index contributed by atoms with van der Waals surface area (Å²) in [6, 6.07) is 3.40. The molecule has 84 valence electrons. The summed E-state index contributed by atoms with van der Waals surface area (Å²) in [4.78, 5) is 0. The van der Waals surface area contributed by atoms with E-state index in [2.05, 4.69) is 0 Å². The Bertz CT molecular complexity index is 468. The minimum Gasteiger partial charge on any atom is -0.495 e. The minimum atomic E-state index is -3.61. The van der Waals surface area contributed by atoms with Crippen LogP contribution in [0.25, 0.3) is 0 Å². The molecule has 0 saturated carbocycles. The number of halogens is 2. The van der Waals surface area contributed by atoms with E-state index in [1.54, 1.807) is 12.1 Å². The van der Waals surface area contributed by atoms with E-state index in [9.17, 15) is 8.42 Å². The van der Waals surface area contributed by atoms with Crippen molar-refractivity contribution in [1.29, 1.82) is 0 Å². The molecule has 0 fully saturated rings. The second kappa shape index (κ2) is 4.60. The Balaban J connectivity index is 3.24. The summed E-state index contributed by atoms with van der Waals surface area (Å²) in [5.74, 6) is 0.151. The van der Waals surface area contributed by atoms with Crippen LogP contribution in [-0.2, 0) is 14.8 Å². The number of ether oxygens (including phenoxy) is 1. The van der Waals surface area contributed by atoms with Gasteiger partial charge >= 0.3 is 0 Å². The lowest BCUT2D eigenvalue weighted by Gasteiger charge is -2.09. The van der Waals surface area contributed by atoms with Crippen LogP contribution in [0.5, 0.6) is 5.75 Å². The Kier molecular flexibility index (Phi) is 3.87. The van der Waals surface area contributed by atoms with Crippen LogP contribution in [-0.4, -0.2) is 15.5 Å². The van der Waals surface area contributed by atoms with Crippen LogP contribution in [0.4, 0.5) is 0 Å². The number of benzene rings is 1. The van der Waals surface area contributed by atoms with E-state index in [1.807, 2.05) is 6.92 Å². The molecule has 1 rings (SSSR count). The van der Waals surface area contributed by atoms with Crippen molar-refractivity contribution in [3.63, 3.8) is 0 Å². The normalized spacial score (nSPS) is 11.5. The van der Waals surface area contributed by atoms with Crippen molar-refractivity contribution in [3.05, 3.63) is 28.3 Å². The van der Waals surface area contributed by atoms with Crippen LogP contribution in [0.1, 0.15) is 11.1 Å². The molecular weight excluding hydrogens is 259 g/mol. The molecule has 0 aromatic heterocycles. The molecule has 0 aliphatic carbocycles. The third-order valence-corrected chi connectivity index (χ3v) is 3.22. The summed E-state index contributed by atoms with van der Waals surface area (Å²) < 4.78 is 26.9. The summed E-state index contributed by atoms with van der Waals surface area (Å²) in [5, 5.41) is 0.285. The molecule has 0 aliphatic rings. The van der Waals surface area contributed by atoms with E-state index in [4.69, 9.17) is 27.0 Å². The monoisotopic (exact) mass is 268 g/mol. The number of aryl methyl sites for hydroxylation is 1. The summed E-state index contributed by atoms with van der Waals surface area (Å²) in [7, 11) is 3.02. The maximum Gasteiger partial charge on any atom is 0.236 e. The summed E-state index contributed by atoms with van der Waals surface area (Å²) >= 11 is 5.94. The largest absolute Gasteiger partial charge is 0.495 e. The zero-order valence-corrected chi connectivity index (χ0v) is 10.6. The molecule has 1 aromatic carbocycles. The average Bonchev–Trinajstić information content (AvgIpc) is 2.08. The minimum absolute atomic E-state index is 0.285. The van der Waals surface area contributed by atoms with Crippen LogP contribution in [0, 0.1) is 6.92 Å². The number of hydrogen-bond donors (Lipinski definition) is 0. The van der Waals surface area contributed by atoms with Crippen molar-refractivity contribution in [3.8, 4) is 5.75 Å². The van der Waals surface area contributed by atoms with Crippen molar-refractivity contribution in [1.82, 2.24) is 0 Å². The fraction of sp³-hybridized carbons (Fsp3) is 0.333. The molecule has 0 unspecified atom stereocenters. The van der Waals surface area contributed by atoms with Gasteiger partial charge in [0.1, 0.15) is 5.75 Å². The van der Waals surface area contributed by atoms with E-state index in [0.717, 1.165) is 5.56 Å². The molecule has 0 heterocycles. The molecule has 0 radical (unpaired) electrons. The lowest BCUT2D eigenvalue weighted by molar-refractivity contribution is 0.414. The molecule has 1 aromatic rings. The Morgan fingerprint density at radius 2 is 2.00 bits per heavy atom. The highest BCUT2D eigenvalue weighted by Crippen LogP contribution is 2.31. The first-order valence-electron chi connectivity index (χ1n) is 4.09. The fourth-order valence-corrected chi connectivity index (χ4v) is 2.53. The third kappa shape index (κ3) is 3.55. The van der Waals surface area contributed by atoms with Gasteiger partial charge in [-0.3, -0.25) is 0 Å². The zero-order valence-electron chi connectivity index (χ0n) is 8.25. The van der Waals surface area contributed by atoms with E-state index in [0.29, 0.717) is 11.3 Å². The summed E-state index contributed by atoms with van der Waals surface area (Å²) in [6.45, 7) is 1.82. The Labute approximate surface area is 98.4 Å². The van der Waals surface area contributed by atoms with Crippen molar-refractivity contribution >= 4 is 31.3 Å². The molecule has 0 atom stereocenters. The third-order valence-electron chi connectivity index (χ3n) is 1.81. The molecule has 0 bridgehead atoms. The number of methoxy groups -OCH3 is 1. The van der Waals surface area contributed by atoms with E-state index in [1.165, 1.54) is 7.11 Å². The first-order chi connectivity index (χ1) is 6.83. The van der Waals surface area contributed by atoms with Crippen LogP contribution in [0.15, 0.2) is 12.1 Å².